The number of aromatic nitrogens is 2. The maximum Gasteiger partial charge on any atom is 0.0718 e. The molecule has 0 fully saturated rings. The van der Waals surface area contributed by atoms with Gasteiger partial charge < -0.3 is 5.11 Å². The Balaban J connectivity index is 2.31. The van der Waals surface area contributed by atoms with Gasteiger partial charge in [-0.05, 0) is 31.5 Å². The number of aliphatic hydroxyl groups is 1. The van der Waals surface area contributed by atoms with Crippen molar-refractivity contribution in [1.29, 1.82) is 0 Å². The van der Waals surface area contributed by atoms with E-state index in [1.807, 2.05) is 30.7 Å². The van der Waals surface area contributed by atoms with E-state index in [1.165, 1.54) is 0 Å². The SMILES string of the molecule is Cc1nn(Cc2ccc(Cl)c(Cl)c2)c(C)c1CO. The Bertz CT molecular complexity index is 579. The summed E-state index contributed by atoms with van der Waals surface area (Å²) in [6.45, 7) is 4.47. The van der Waals surface area contributed by atoms with E-state index in [0.29, 0.717) is 16.6 Å². The highest BCUT2D eigenvalue weighted by atomic mass is 35.5. The van der Waals surface area contributed by atoms with Gasteiger partial charge >= 0.3 is 0 Å². The van der Waals surface area contributed by atoms with Crippen molar-refractivity contribution >= 4 is 23.2 Å². The molecule has 1 N–H and O–H groups in total. The fraction of sp³-hybridized carbons (Fsp3) is 0.308. The molecule has 0 aliphatic carbocycles. The highest BCUT2D eigenvalue weighted by Crippen LogP contribution is 2.23. The molecule has 0 radical (unpaired) electrons. The van der Waals surface area contributed by atoms with Gasteiger partial charge in [-0.1, -0.05) is 29.3 Å². The number of halogens is 2. The average Bonchev–Trinajstić information content (AvgIpc) is 2.59. The predicted octanol–water partition coefficient (Wildman–Crippen LogP) is 3.35. The van der Waals surface area contributed by atoms with Gasteiger partial charge in [-0.3, -0.25) is 4.68 Å². The van der Waals surface area contributed by atoms with E-state index >= 15 is 0 Å². The molecular weight excluding hydrogens is 271 g/mol. The van der Waals surface area contributed by atoms with E-state index in [4.69, 9.17) is 23.2 Å². The molecule has 2 rings (SSSR count). The summed E-state index contributed by atoms with van der Waals surface area (Å²) in [5, 5.41) is 14.8. The topological polar surface area (TPSA) is 38.0 Å². The second kappa shape index (κ2) is 5.31. The molecular formula is C13H14Cl2N2O. The Hall–Kier alpha value is -1.03. The summed E-state index contributed by atoms with van der Waals surface area (Å²) in [5.41, 5.74) is 3.74. The van der Waals surface area contributed by atoms with Crippen molar-refractivity contribution in [3.63, 3.8) is 0 Å². The molecule has 18 heavy (non-hydrogen) atoms. The number of nitrogens with zero attached hydrogens (tertiary/aromatic N) is 2. The molecule has 0 atom stereocenters. The number of hydrogen-bond acceptors (Lipinski definition) is 2. The molecule has 0 aliphatic heterocycles. The van der Waals surface area contributed by atoms with Gasteiger partial charge in [0, 0.05) is 11.3 Å². The van der Waals surface area contributed by atoms with Gasteiger partial charge in [0.25, 0.3) is 0 Å². The zero-order chi connectivity index (χ0) is 13.3. The van der Waals surface area contributed by atoms with E-state index < -0.39 is 0 Å². The molecule has 0 bridgehead atoms. The number of hydrogen-bond donors (Lipinski definition) is 1. The normalized spacial score (nSPS) is 10.9. The number of aryl methyl sites for hydroxylation is 1. The van der Waals surface area contributed by atoms with Crippen LogP contribution in [0.2, 0.25) is 10.0 Å². The molecule has 0 saturated heterocycles. The minimum Gasteiger partial charge on any atom is -0.392 e. The molecule has 0 unspecified atom stereocenters. The van der Waals surface area contributed by atoms with Gasteiger partial charge in [0.2, 0.25) is 0 Å². The summed E-state index contributed by atoms with van der Waals surface area (Å²) in [6, 6.07) is 5.53. The van der Waals surface area contributed by atoms with Crippen LogP contribution in [0.3, 0.4) is 0 Å². The monoisotopic (exact) mass is 284 g/mol. The molecule has 5 heteroatoms. The Labute approximate surface area is 116 Å². The van der Waals surface area contributed by atoms with Crippen LogP contribution in [0.25, 0.3) is 0 Å². The van der Waals surface area contributed by atoms with Crippen LogP contribution < -0.4 is 0 Å². The molecule has 96 valence electrons. The fourth-order valence-electron chi connectivity index (χ4n) is 1.93. The minimum atomic E-state index is 0.0129. The maximum atomic E-state index is 9.27. The molecule has 1 aromatic carbocycles. The largest absolute Gasteiger partial charge is 0.392 e. The predicted molar refractivity (Wildman–Crippen MR) is 73.2 cm³/mol. The lowest BCUT2D eigenvalue weighted by atomic mass is 10.2. The first-order valence-corrected chi connectivity index (χ1v) is 6.36. The Kier molecular flexibility index (Phi) is 3.95. The van der Waals surface area contributed by atoms with E-state index in [9.17, 15) is 5.11 Å². The molecule has 0 amide bonds. The summed E-state index contributed by atoms with van der Waals surface area (Å²) in [4.78, 5) is 0. The van der Waals surface area contributed by atoms with E-state index in [2.05, 4.69) is 5.10 Å². The first-order valence-electron chi connectivity index (χ1n) is 5.60. The summed E-state index contributed by atoms with van der Waals surface area (Å²) in [5.74, 6) is 0. The highest BCUT2D eigenvalue weighted by Gasteiger charge is 2.11. The summed E-state index contributed by atoms with van der Waals surface area (Å²) >= 11 is 11.9. The molecule has 1 heterocycles. The minimum absolute atomic E-state index is 0.0129. The summed E-state index contributed by atoms with van der Waals surface area (Å²) < 4.78 is 1.86. The lowest BCUT2D eigenvalue weighted by molar-refractivity contribution is 0.280. The van der Waals surface area contributed by atoms with Crippen molar-refractivity contribution in [3.05, 3.63) is 50.8 Å². The molecule has 0 aliphatic rings. The van der Waals surface area contributed by atoms with Crippen LogP contribution in [-0.4, -0.2) is 14.9 Å². The quantitative estimate of drug-likeness (QED) is 0.939. The van der Waals surface area contributed by atoms with Crippen molar-refractivity contribution in [1.82, 2.24) is 9.78 Å². The van der Waals surface area contributed by atoms with Gasteiger partial charge in [-0.15, -0.1) is 0 Å². The van der Waals surface area contributed by atoms with Gasteiger partial charge in [-0.2, -0.15) is 5.10 Å². The third kappa shape index (κ3) is 2.53. The third-order valence-electron chi connectivity index (χ3n) is 3.01. The van der Waals surface area contributed by atoms with Crippen LogP contribution in [0.15, 0.2) is 18.2 Å². The second-order valence-electron chi connectivity index (χ2n) is 4.21. The van der Waals surface area contributed by atoms with Crippen LogP contribution in [0.4, 0.5) is 0 Å². The van der Waals surface area contributed by atoms with E-state index in [0.717, 1.165) is 22.5 Å². The average molecular weight is 285 g/mol. The van der Waals surface area contributed by atoms with Crippen molar-refractivity contribution in [2.24, 2.45) is 0 Å². The third-order valence-corrected chi connectivity index (χ3v) is 3.74. The lowest BCUT2D eigenvalue weighted by Gasteiger charge is -2.06. The van der Waals surface area contributed by atoms with Crippen LogP contribution in [0, 0.1) is 13.8 Å². The van der Waals surface area contributed by atoms with Gasteiger partial charge in [0.15, 0.2) is 0 Å². The zero-order valence-corrected chi connectivity index (χ0v) is 11.8. The molecule has 3 nitrogen and oxygen atoms in total. The molecule has 2 aromatic rings. The van der Waals surface area contributed by atoms with Gasteiger partial charge in [0.1, 0.15) is 0 Å². The molecule has 0 saturated carbocycles. The number of rotatable bonds is 3. The van der Waals surface area contributed by atoms with Crippen molar-refractivity contribution in [3.8, 4) is 0 Å². The van der Waals surface area contributed by atoms with Crippen LogP contribution in [-0.2, 0) is 13.2 Å². The van der Waals surface area contributed by atoms with E-state index in [-0.39, 0.29) is 6.61 Å². The smallest absolute Gasteiger partial charge is 0.0718 e. The van der Waals surface area contributed by atoms with Crippen LogP contribution in [0.5, 0.6) is 0 Å². The Morgan fingerprint density at radius 2 is 1.94 bits per heavy atom. The van der Waals surface area contributed by atoms with Crippen LogP contribution >= 0.6 is 23.2 Å². The van der Waals surface area contributed by atoms with Crippen molar-refractivity contribution in [2.75, 3.05) is 0 Å². The number of aliphatic hydroxyl groups excluding tert-OH is 1. The first-order chi connectivity index (χ1) is 8.52. The highest BCUT2D eigenvalue weighted by molar-refractivity contribution is 6.42. The van der Waals surface area contributed by atoms with Gasteiger partial charge in [0.05, 0.1) is 28.9 Å². The lowest BCUT2D eigenvalue weighted by Crippen LogP contribution is -2.04. The fourth-order valence-corrected chi connectivity index (χ4v) is 2.25. The Morgan fingerprint density at radius 1 is 1.22 bits per heavy atom. The standard InChI is InChI=1S/C13H14Cl2N2O/c1-8-11(7-18)9(2)17(16-8)6-10-3-4-12(14)13(15)5-10/h3-5,18H,6-7H2,1-2H3. The first kappa shape index (κ1) is 13.4. The van der Waals surface area contributed by atoms with Gasteiger partial charge in [-0.25, -0.2) is 0 Å². The maximum absolute atomic E-state index is 9.27. The summed E-state index contributed by atoms with van der Waals surface area (Å²) in [7, 11) is 0. The summed E-state index contributed by atoms with van der Waals surface area (Å²) in [6.07, 6.45) is 0. The van der Waals surface area contributed by atoms with Crippen LogP contribution in [0.1, 0.15) is 22.5 Å². The molecule has 1 aromatic heterocycles. The van der Waals surface area contributed by atoms with Crippen molar-refractivity contribution < 1.29 is 5.11 Å². The van der Waals surface area contributed by atoms with Crippen molar-refractivity contribution in [2.45, 2.75) is 27.0 Å². The Morgan fingerprint density at radius 3 is 2.50 bits per heavy atom. The zero-order valence-electron chi connectivity index (χ0n) is 10.2. The van der Waals surface area contributed by atoms with E-state index in [1.54, 1.807) is 6.07 Å². The second-order valence-corrected chi connectivity index (χ2v) is 5.03. The number of benzene rings is 1. The molecule has 0 spiro atoms.